The molecule has 2 unspecified atom stereocenters. The van der Waals surface area contributed by atoms with Crippen LogP contribution in [0.15, 0.2) is 18.3 Å². The van der Waals surface area contributed by atoms with Gasteiger partial charge in [-0.3, -0.25) is 4.68 Å². The minimum absolute atomic E-state index is 0.0852. The average Bonchev–Trinajstić information content (AvgIpc) is 3.05. The Morgan fingerprint density at radius 2 is 2.15 bits per heavy atom. The van der Waals surface area contributed by atoms with Crippen molar-refractivity contribution in [3.8, 4) is 6.07 Å². The van der Waals surface area contributed by atoms with Gasteiger partial charge in [-0.05, 0) is 43.7 Å². The first-order valence-corrected chi connectivity index (χ1v) is 8.95. The standard InChI is InChI=1S/C19H21N5O2/c1-3-26-19(25)16-11-24(22-17(16)7-20)10-13-4-5-18(21-12(13)2)23-8-14-6-15(14)9-23/h4-5,11,14-15H,3,6,8-10H2,1-2H3. The monoisotopic (exact) mass is 351 g/mol. The SMILES string of the molecule is CCOC(=O)c1cn(Cc2ccc(N3CC4CC4C3)nc2C)nc1C#N. The highest BCUT2D eigenvalue weighted by molar-refractivity contribution is 5.91. The number of hydrogen-bond acceptors (Lipinski definition) is 6. The first-order valence-electron chi connectivity index (χ1n) is 8.95. The van der Waals surface area contributed by atoms with Crippen molar-refractivity contribution < 1.29 is 9.53 Å². The Hall–Kier alpha value is -2.88. The molecule has 1 aliphatic carbocycles. The number of nitrogens with zero attached hydrogens (tertiary/aromatic N) is 5. The minimum atomic E-state index is -0.520. The van der Waals surface area contributed by atoms with Gasteiger partial charge in [-0.25, -0.2) is 9.78 Å². The maximum Gasteiger partial charge on any atom is 0.342 e. The zero-order valence-electron chi connectivity index (χ0n) is 15.0. The number of ether oxygens (including phenoxy) is 1. The van der Waals surface area contributed by atoms with Gasteiger partial charge in [0.25, 0.3) is 0 Å². The fraction of sp³-hybridized carbons (Fsp3) is 0.474. The highest BCUT2D eigenvalue weighted by Crippen LogP contribution is 2.45. The lowest BCUT2D eigenvalue weighted by atomic mass is 10.2. The second kappa shape index (κ2) is 6.45. The van der Waals surface area contributed by atoms with E-state index in [1.54, 1.807) is 17.8 Å². The zero-order chi connectivity index (χ0) is 18.3. The zero-order valence-corrected chi connectivity index (χ0v) is 15.0. The number of carbonyl (C=O) groups is 1. The quantitative estimate of drug-likeness (QED) is 0.768. The lowest BCUT2D eigenvalue weighted by Crippen LogP contribution is -2.23. The Morgan fingerprint density at radius 3 is 2.81 bits per heavy atom. The molecule has 0 amide bonds. The van der Waals surface area contributed by atoms with Crippen molar-refractivity contribution in [2.45, 2.75) is 26.8 Å². The van der Waals surface area contributed by atoms with Crippen LogP contribution >= 0.6 is 0 Å². The maximum atomic E-state index is 11.9. The summed E-state index contributed by atoms with van der Waals surface area (Å²) in [6, 6.07) is 6.06. The van der Waals surface area contributed by atoms with Crippen LogP contribution in [0.4, 0.5) is 5.82 Å². The van der Waals surface area contributed by atoms with Crippen molar-refractivity contribution in [3.63, 3.8) is 0 Å². The highest BCUT2D eigenvalue weighted by atomic mass is 16.5. The van der Waals surface area contributed by atoms with Crippen LogP contribution in [0.5, 0.6) is 0 Å². The third-order valence-corrected chi connectivity index (χ3v) is 5.18. The lowest BCUT2D eigenvalue weighted by molar-refractivity contribution is 0.0526. The largest absolute Gasteiger partial charge is 0.462 e. The number of esters is 1. The Balaban J connectivity index is 1.52. The molecule has 2 aromatic heterocycles. The fourth-order valence-corrected chi connectivity index (χ4v) is 3.62. The van der Waals surface area contributed by atoms with Gasteiger partial charge in [0.2, 0.25) is 0 Å². The van der Waals surface area contributed by atoms with E-state index in [0.29, 0.717) is 6.54 Å². The Labute approximate surface area is 152 Å². The van der Waals surface area contributed by atoms with Crippen LogP contribution in [-0.4, -0.2) is 40.4 Å². The van der Waals surface area contributed by atoms with E-state index in [-0.39, 0.29) is 17.9 Å². The molecule has 0 aromatic carbocycles. The van der Waals surface area contributed by atoms with Crippen LogP contribution < -0.4 is 4.90 Å². The van der Waals surface area contributed by atoms with Crippen LogP contribution in [0.1, 0.15) is 40.7 Å². The Bertz CT molecular complexity index is 888. The van der Waals surface area contributed by atoms with Gasteiger partial charge in [-0.1, -0.05) is 6.07 Å². The molecule has 3 heterocycles. The second-order valence-corrected chi connectivity index (χ2v) is 7.00. The summed E-state index contributed by atoms with van der Waals surface area (Å²) in [6.45, 7) is 6.66. The van der Waals surface area contributed by atoms with Crippen LogP contribution in [0.3, 0.4) is 0 Å². The molecular weight excluding hydrogens is 330 g/mol. The summed E-state index contributed by atoms with van der Waals surface area (Å²) in [6.07, 6.45) is 2.94. The number of aryl methyl sites for hydroxylation is 1. The van der Waals surface area contributed by atoms with E-state index in [9.17, 15) is 10.1 Å². The first kappa shape index (κ1) is 16.6. The topological polar surface area (TPSA) is 84.0 Å². The van der Waals surface area contributed by atoms with Crippen molar-refractivity contribution in [3.05, 3.63) is 40.8 Å². The third kappa shape index (κ3) is 3.03. The number of pyridine rings is 1. The van der Waals surface area contributed by atoms with E-state index in [1.807, 2.05) is 19.1 Å². The number of piperidine rings is 1. The van der Waals surface area contributed by atoms with E-state index in [1.165, 1.54) is 6.42 Å². The van der Waals surface area contributed by atoms with Crippen molar-refractivity contribution in [2.75, 3.05) is 24.6 Å². The summed E-state index contributed by atoms with van der Waals surface area (Å²) < 4.78 is 6.58. The van der Waals surface area contributed by atoms with Gasteiger partial charge in [-0.15, -0.1) is 0 Å². The van der Waals surface area contributed by atoms with E-state index < -0.39 is 5.97 Å². The average molecular weight is 351 g/mol. The molecule has 0 spiro atoms. The molecule has 1 saturated heterocycles. The number of carbonyl (C=O) groups excluding carboxylic acids is 1. The molecule has 0 radical (unpaired) electrons. The summed E-state index contributed by atoms with van der Waals surface area (Å²) in [4.78, 5) is 19.0. The van der Waals surface area contributed by atoms with E-state index in [4.69, 9.17) is 9.72 Å². The van der Waals surface area contributed by atoms with E-state index >= 15 is 0 Å². The predicted molar refractivity (Wildman–Crippen MR) is 94.8 cm³/mol. The molecule has 0 N–H and O–H groups in total. The summed E-state index contributed by atoms with van der Waals surface area (Å²) in [5.41, 5.74) is 2.24. The molecule has 4 rings (SSSR count). The highest BCUT2D eigenvalue weighted by Gasteiger charge is 2.45. The molecule has 26 heavy (non-hydrogen) atoms. The van der Waals surface area contributed by atoms with Gasteiger partial charge in [-0.2, -0.15) is 10.4 Å². The van der Waals surface area contributed by atoms with Gasteiger partial charge in [0.1, 0.15) is 17.5 Å². The summed E-state index contributed by atoms with van der Waals surface area (Å²) in [5.74, 6) is 2.25. The molecule has 2 aliphatic rings. The molecule has 7 heteroatoms. The van der Waals surface area contributed by atoms with E-state index in [0.717, 1.165) is 42.0 Å². The first-order chi connectivity index (χ1) is 12.6. The fourth-order valence-electron chi connectivity index (χ4n) is 3.62. The summed E-state index contributed by atoms with van der Waals surface area (Å²) in [7, 11) is 0. The van der Waals surface area contributed by atoms with Gasteiger partial charge >= 0.3 is 5.97 Å². The number of fused-ring (bicyclic) bond motifs is 1. The van der Waals surface area contributed by atoms with Crippen molar-refractivity contribution >= 4 is 11.8 Å². The van der Waals surface area contributed by atoms with Crippen LogP contribution in [0, 0.1) is 30.1 Å². The second-order valence-electron chi connectivity index (χ2n) is 7.00. The van der Waals surface area contributed by atoms with Crippen molar-refractivity contribution in [2.24, 2.45) is 11.8 Å². The van der Waals surface area contributed by atoms with Gasteiger partial charge < -0.3 is 9.64 Å². The smallest absolute Gasteiger partial charge is 0.342 e. The lowest BCUT2D eigenvalue weighted by Gasteiger charge is -2.20. The third-order valence-electron chi connectivity index (χ3n) is 5.18. The van der Waals surface area contributed by atoms with Crippen LogP contribution in [0.25, 0.3) is 0 Å². The van der Waals surface area contributed by atoms with E-state index in [2.05, 4.69) is 16.1 Å². The number of hydrogen-bond donors (Lipinski definition) is 0. The maximum absolute atomic E-state index is 11.9. The Kier molecular flexibility index (Phi) is 4.11. The molecule has 7 nitrogen and oxygen atoms in total. The molecule has 134 valence electrons. The van der Waals surface area contributed by atoms with Crippen molar-refractivity contribution in [1.82, 2.24) is 14.8 Å². The summed E-state index contributed by atoms with van der Waals surface area (Å²) in [5, 5.41) is 13.4. The molecule has 0 bridgehead atoms. The normalized spacial score (nSPS) is 20.6. The van der Waals surface area contributed by atoms with Gasteiger partial charge in [0.15, 0.2) is 5.69 Å². The number of aromatic nitrogens is 3. The number of anilines is 1. The number of rotatable bonds is 5. The molecule has 2 fully saturated rings. The van der Waals surface area contributed by atoms with Crippen LogP contribution in [-0.2, 0) is 11.3 Å². The molecule has 1 saturated carbocycles. The Morgan fingerprint density at radius 1 is 1.38 bits per heavy atom. The van der Waals surface area contributed by atoms with Crippen molar-refractivity contribution in [1.29, 1.82) is 5.26 Å². The summed E-state index contributed by atoms with van der Waals surface area (Å²) >= 11 is 0. The molecular formula is C19H21N5O2. The molecule has 2 atom stereocenters. The number of nitriles is 1. The van der Waals surface area contributed by atoms with Gasteiger partial charge in [0, 0.05) is 25.0 Å². The molecule has 2 aromatic rings. The van der Waals surface area contributed by atoms with Gasteiger partial charge in [0.05, 0.1) is 13.2 Å². The predicted octanol–water partition coefficient (Wildman–Crippen LogP) is 2.14. The molecule has 1 aliphatic heterocycles. The minimum Gasteiger partial charge on any atom is -0.462 e. The van der Waals surface area contributed by atoms with Crippen LogP contribution in [0.2, 0.25) is 0 Å².